The molecule has 0 saturated heterocycles. The molecule has 0 aliphatic carbocycles. The molecule has 0 aliphatic rings. The summed E-state index contributed by atoms with van der Waals surface area (Å²) in [5.74, 6) is 0.779. The van der Waals surface area contributed by atoms with Crippen LogP contribution in [-0.2, 0) is 6.54 Å². The van der Waals surface area contributed by atoms with Crippen molar-refractivity contribution in [2.75, 3.05) is 7.05 Å². The zero-order chi connectivity index (χ0) is 11.5. The summed E-state index contributed by atoms with van der Waals surface area (Å²) in [6.07, 6.45) is 1.60. The summed E-state index contributed by atoms with van der Waals surface area (Å²) >= 11 is 0. The second-order valence-electron chi connectivity index (χ2n) is 4.62. The first kappa shape index (κ1) is 11.6. The Morgan fingerprint density at radius 2 is 2.20 bits per heavy atom. The SMILES string of the molecule is CN(Cc1ccco1)C(=O)NC(C)(C)C. The Kier molecular flexibility index (Phi) is 3.39. The standard InChI is InChI=1S/C11H18N2O2/c1-11(2,3)12-10(14)13(4)8-9-6-5-7-15-9/h5-7H,8H2,1-4H3,(H,12,14). The van der Waals surface area contributed by atoms with Crippen LogP contribution >= 0.6 is 0 Å². The first-order chi connectivity index (χ1) is 6.88. The Labute approximate surface area is 90.3 Å². The van der Waals surface area contributed by atoms with Crippen molar-refractivity contribution in [3.05, 3.63) is 24.2 Å². The molecule has 0 spiro atoms. The largest absolute Gasteiger partial charge is 0.467 e. The van der Waals surface area contributed by atoms with Gasteiger partial charge in [0.15, 0.2) is 0 Å². The average Bonchev–Trinajstić information content (AvgIpc) is 2.53. The van der Waals surface area contributed by atoms with E-state index in [4.69, 9.17) is 4.42 Å². The number of urea groups is 1. The van der Waals surface area contributed by atoms with E-state index >= 15 is 0 Å². The van der Waals surface area contributed by atoms with Gasteiger partial charge in [-0.3, -0.25) is 0 Å². The second kappa shape index (κ2) is 4.38. The molecular formula is C11H18N2O2. The summed E-state index contributed by atoms with van der Waals surface area (Å²) in [6.45, 7) is 6.33. The molecule has 1 aromatic rings. The summed E-state index contributed by atoms with van der Waals surface area (Å²) in [6, 6.07) is 3.56. The lowest BCUT2D eigenvalue weighted by Crippen LogP contribution is -2.46. The number of amides is 2. The van der Waals surface area contributed by atoms with Crippen molar-refractivity contribution in [1.29, 1.82) is 0 Å². The van der Waals surface area contributed by atoms with E-state index in [1.165, 1.54) is 0 Å². The first-order valence-corrected chi connectivity index (χ1v) is 4.94. The summed E-state index contributed by atoms with van der Waals surface area (Å²) in [4.78, 5) is 13.2. The van der Waals surface area contributed by atoms with E-state index in [1.54, 1.807) is 18.2 Å². The zero-order valence-electron chi connectivity index (χ0n) is 9.70. The first-order valence-electron chi connectivity index (χ1n) is 4.94. The van der Waals surface area contributed by atoms with Crippen molar-refractivity contribution in [3.63, 3.8) is 0 Å². The Morgan fingerprint density at radius 3 is 2.67 bits per heavy atom. The molecule has 1 rings (SSSR count). The average molecular weight is 210 g/mol. The maximum absolute atomic E-state index is 11.7. The highest BCUT2D eigenvalue weighted by molar-refractivity contribution is 5.74. The molecule has 0 radical (unpaired) electrons. The van der Waals surface area contributed by atoms with Crippen molar-refractivity contribution >= 4 is 6.03 Å². The van der Waals surface area contributed by atoms with Crippen LogP contribution in [0.2, 0.25) is 0 Å². The molecule has 2 amide bonds. The molecule has 4 nitrogen and oxygen atoms in total. The molecule has 1 aromatic heterocycles. The van der Waals surface area contributed by atoms with E-state index in [0.717, 1.165) is 5.76 Å². The molecule has 1 heterocycles. The molecule has 0 aliphatic heterocycles. The minimum absolute atomic E-state index is 0.0982. The molecule has 0 atom stereocenters. The van der Waals surface area contributed by atoms with Crippen molar-refractivity contribution in [3.8, 4) is 0 Å². The van der Waals surface area contributed by atoms with Crippen molar-refractivity contribution in [1.82, 2.24) is 10.2 Å². The Hall–Kier alpha value is -1.45. The number of nitrogens with one attached hydrogen (secondary N) is 1. The lowest BCUT2D eigenvalue weighted by molar-refractivity contribution is 0.194. The number of hydrogen-bond donors (Lipinski definition) is 1. The molecule has 0 saturated carbocycles. The van der Waals surface area contributed by atoms with Crippen LogP contribution in [0.25, 0.3) is 0 Å². The third kappa shape index (κ3) is 4.06. The maximum atomic E-state index is 11.7. The maximum Gasteiger partial charge on any atom is 0.317 e. The molecule has 0 unspecified atom stereocenters. The van der Waals surface area contributed by atoms with Crippen LogP contribution in [0.1, 0.15) is 26.5 Å². The summed E-state index contributed by atoms with van der Waals surface area (Å²) in [5, 5.41) is 2.88. The van der Waals surface area contributed by atoms with Crippen molar-refractivity contribution in [2.24, 2.45) is 0 Å². The number of nitrogens with zero attached hydrogens (tertiary/aromatic N) is 1. The van der Waals surface area contributed by atoms with E-state index in [9.17, 15) is 4.79 Å². The lowest BCUT2D eigenvalue weighted by Gasteiger charge is -2.25. The molecule has 15 heavy (non-hydrogen) atoms. The fourth-order valence-electron chi connectivity index (χ4n) is 1.12. The Bertz CT molecular complexity index is 312. The highest BCUT2D eigenvalue weighted by atomic mass is 16.3. The van der Waals surface area contributed by atoms with Crippen molar-refractivity contribution < 1.29 is 9.21 Å². The third-order valence-electron chi connectivity index (χ3n) is 1.80. The summed E-state index contributed by atoms with van der Waals surface area (Å²) in [7, 11) is 1.74. The van der Waals surface area contributed by atoms with E-state index in [1.807, 2.05) is 32.9 Å². The second-order valence-corrected chi connectivity index (χ2v) is 4.62. The fraction of sp³-hybridized carbons (Fsp3) is 0.545. The van der Waals surface area contributed by atoms with Crippen LogP contribution in [0.3, 0.4) is 0 Å². The van der Waals surface area contributed by atoms with Crippen LogP contribution in [0.5, 0.6) is 0 Å². The fourth-order valence-corrected chi connectivity index (χ4v) is 1.12. The lowest BCUT2D eigenvalue weighted by atomic mass is 10.1. The smallest absolute Gasteiger partial charge is 0.317 e. The van der Waals surface area contributed by atoms with Crippen molar-refractivity contribution in [2.45, 2.75) is 32.9 Å². The van der Waals surface area contributed by atoms with Gasteiger partial charge in [0.2, 0.25) is 0 Å². The van der Waals surface area contributed by atoms with Gasteiger partial charge in [-0.15, -0.1) is 0 Å². The minimum Gasteiger partial charge on any atom is -0.467 e. The van der Waals surface area contributed by atoms with E-state index in [-0.39, 0.29) is 11.6 Å². The molecule has 1 N–H and O–H groups in total. The predicted octanol–water partition coefficient (Wildman–Crippen LogP) is 2.22. The molecule has 0 fully saturated rings. The van der Waals surface area contributed by atoms with Gasteiger partial charge in [-0.25, -0.2) is 4.79 Å². The Balaban J connectivity index is 2.47. The third-order valence-corrected chi connectivity index (χ3v) is 1.80. The summed E-state index contributed by atoms with van der Waals surface area (Å²) in [5.41, 5.74) is -0.214. The van der Waals surface area contributed by atoms with Gasteiger partial charge >= 0.3 is 6.03 Å². The van der Waals surface area contributed by atoms with Crippen LogP contribution < -0.4 is 5.32 Å². The van der Waals surface area contributed by atoms with Gasteiger partial charge in [-0.05, 0) is 32.9 Å². The van der Waals surface area contributed by atoms with Gasteiger partial charge in [0.25, 0.3) is 0 Å². The van der Waals surface area contributed by atoms with Gasteiger partial charge in [-0.1, -0.05) is 0 Å². The molecule has 4 heteroatoms. The van der Waals surface area contributed by atoms with Crippen LogP contribution in [-0.4, -0.2) is 23.5 Å². The quantitative estimate of drug-likeness (QED) is 0.813. The predicted molar refractivity (Wildman–Crippen MR) is 58.5 cm³/mol. The van der Waals surface area contributed by atoms with Gasteiger partial charge in [0.1, 0.15) is 5.76 Å². The number of carbonyl (C=O) groups excluding carboxylic acids is 1. The van der Waals surface area contributed by atoms with Crippen LogP contribution in [0.15, 0.2) is 22.8 Å². The minimum atomic E-state index is -0.214. The molecule has 0 bridgehead atoms. The molecule has 0 aromatic carbocycles. The normalized spacial score (nSPS) is 11.2. The topological polar surface area (TPSA) is 45.5 Å². The van der Waals surface area contributed by atoms with Gasteiger partial charge in [0, 0.05) is 12.6 Å². The van der Waals surface area contributed by atoms with Gasteiger partial charge in [-0.2, -0.15) is 0 Å². The van der Waals surface area contributed by atoms with Crippen LogP contribution in [0, 0.1) is 0 Å². The Morgan fingerprint density at radius 1 is 1.53 bits per heavy atom. The van der Waals surface area contributed by atoms with E-state index in [0.29, 0.717) is 6.54 Å². The molecular weight excluding hydrogens is 192 g/mol. The van der Waals surface area contributed by atoms with Gasteiger partial charge < -0.3 is 14.6 Å². The molecule has 84 valence electrons. The van der Waals surface area contributed by atoms with E-state index in [2.05, 4.69) is 5.32 Å². The number of rotatable bonds is 2. The summed E-state index contributed by atoms with van der Waals surface area (Å²) < 4.78 is 5.16. The van der Waals surface area contributed by atoms with Crippen LogP contribution in [0.4, 0.5) is 4.79 Å². The zero-order valence-corrected chi connectivity index (χ0v) is 9.70. The van der Waals surface area contributed by atoms with Gasteiger partial charge in [0.05, 0.1) is 12.8 Å². The number of carbonyl (C=O) groups is 1. The number of furan rings is 1. The highest BCUT2D eigenvalue weighted by Crippen LogP contribution is 2.05. The van der Waals surface area contributed by atoms with E-state index < -0.39 is 0 Å². The number of hydrogen-bond acceptors (Lipinski definition) is 2. The monoisotopic (exact) mass is 210 g/mol. The highest BCUT2D eigenvalue weighted by Gasteiger charge is 2.17.